The zero-order valence-electron chi connectivity index (χ0n) is 10.9. The maximum Gasteiger partial charge on any atom is 0.0793 e. The monoisotopic (exact) mass is 239 g/mol. The Hall–Kier alpha value is -0.420. The van der Waals surface area contributed by atoms with Crippen molar-refractivity contribution in [3.63, 3.8) is 0 Å². The smallest absolute Gasteiger partial charge is 0.0793 e. The number of hydrogen-bond donors (Lipinski definition) is 2. The summed E-state index contributed by atoms with van der Waals surface area (Å²) in [7, 11) is 0. The highest BCUT2D eigenvalue weighted by Gasteiger charge is 2.17. The lowest BCUT2D eigenvalue weighted by Gasteiger charge is -2.32. The van der Waals surface area contributed by atoms with E-state index in [1.165, 1.54) is 5.57 Å². The normalized spacial score (nSPS) is 25.6. The topological polar surface area (TPSA) is 38.7 Å². The molecule has 4 heteroatoms. The molecule has 0 saturated carbocycles. The van der Waals surface area contributed by atoms with E-state index in [9.17, 15) is 5.11 Å². The maximum atomic E-state index is 10.1. The van der Waals surface area contributed by atoms with Crippen molar-refractivity contribution in [3.05, 3.63) is 11.6 Å². The summed E-state index contributed by atoms with van der Waals surface area (Å²) in [6, 6.07) is 0. The third kappa shape index (κ3) is 4.39. The van der Waals surface area contributed by atoms with E-state index in [1.54, 1.807) is 0 Å². The van der Waals surface area contributed by atoms with E-state index in [1.807, 2.05) is 0 Å². The summed E-state index contributed by atoms with van der Waals surface area (Å²) in [5.74, 6) is 0. The Labute approximate surface area is 104 Å². The molecule has 0 aromatic rings. The van der Waals surface area contributed by atoms with Gasteiger partial charge in [-0.15, -0.1) is 0 Å². The van der Waals surface area contributed by atoms with Crippen molar-refractivity contribution in [2.45, 2.75) is 19.4 Å². The van der Waals surface area contributed by atoms with Crippen LogP contribution < -0.4 is 5.32 Å². The number of rotatable bonds is 4. The zero-order valence-corrected chi connectivity index (χ0v) is 10.9. The van der Waals surface area contributed by atoms with E-state index in [2.05, 4.69) is 28.1 Å². The van der Waals surface area contributed by atoms with E-state index in [0.29, 0.717) is 0 Å². The molecule has 2 aliphatic heterocycles. The van der Waals surface area contributed by atoms with E-state index in [0.717, 1.165) is 58.8 Å². The van der Waals surface area contributed by atoms with Gasteiger partial charge in [-0.1, -0.05) is 11.6 Å². The molecule has 1 saturated heterocycles. The molecule has 1 atom stereocenters. The second-order valence-corrected chi connectivity index (χ2v) is 5.26. The quantitative estimate of drug-likeness (QED) is 0.672. The Morgan fingerprint density at radius 3 is 2.59 bits per heavy atom. The second kappa shape index (κ2) is 6.50. The van der Waals surface area contributed by atoms with E-state index in [-0.39, 0.29) is 6.10 Å². The predicted molar refractivity (Wildman–Crippen MR) is 70.1 cm³/mol. The van der Waals surface area contributed by atoms with Crippen LogP contribution in [0.2, 0.25) is 0 Å². The lowest BCUT2D eigenvalue weighted by atomic mass is 10.1. The average Bonchev–Trinajstić information content (AvgIpc) is 2.33. The third-order valence-electron chi connectivity index (χ3n) is 3.67. The molecule has 98 valence electrons. The fraction of sp³-hybridized carbons (Fsp3) is 0.846. The lowest BCUT2D eigenvalue weighted by molar-refractivity contribution is 0.0719. The van der Waals surface area contributed by atoms with Crippen molar-refractivity contribution in [2.24, 2.45) is 0 Å². The van der Waals surface area contributed by atoms with Crippen LogP contribution in [-0.4, -0.2) is 73.4 Å². The first-order valence-corrected chi connectivity index (χ1v) is 6.73. The Morgan fingerprint density at radius 2 is 1.94 bits per heavy atom. The van der Waals surface area contributed by atoms with Gasteiger partial charge in [0.25, 0.3) is 0 Å². The van der Waals surface area contributed by atoms with Gasteiger partial charge >= 0.3 is 0 Å². The van der Waals surface area contributed by atoms with Crippen LogP contribution in [0.4, 0.5) is 0 Å². The van der Waals surface area contributed by atoms with Crippen LogP contribution in [0.15, 0.2) is 11.6 Å². The van der Waals surface area contributed by atoms with E-state index in [4.69, 9.17) is 0 Å². The Kier molecular flexibility index (Phi) is 4.98. The summed E-state index contributed by atoms with van der Waals surface area (Å²) < 4.78 is 0. The van der Waals surface area contributed by atoms with Gasteiger partial charge in [-0.2, -0.15) is 0 Å². The molecule has 1 unspecified atom stereocenters. The van der Waals surface area contributed by atoms with Crippen molar-refractivity contribution < 1.29 is 5.11 Å². The highest BCUT2D eigenvalue weighted by Crippen LogP contribution is 2.10. The SMILES string of the molecule is CC1=CCN(CC(O)CN2CCNCC2)CC1. The third-order valence-corrected chi connectivity index (χ3v) is 3.67. The van der Waals surface area contributed by atoms with Crippen LogP contribution in [0.25, 0.3) is 0 Å². The number of aliphatic hydroxyl groups excluding tert-OH is 1. The minimum absolute atomic E-state index is 0.208. The standard InChI is InChI=1S/C13H25N3O/c1-12-2-6-15(7-3-12)10-13(17)11-16-8-4-14-5-9-16/h2,13-14,17H,3-11H2,1H3. The average molecular weight is 239 g/mol. The number of piperazine rings is 1. The van der Waals surface area contributed by atoms with Crippen molar-refractivity contribution in [1.82, 2.24) is 15.1 Å². The zero-order chi connectivity index (χ0) is 12.1. The highest BCUT2D eigenvalue weighted by atomic mass is 16.3. The molecule has 2 heterocycles. The molecule has 0 radical (unpaired) electrons. The van der Waals surface area contributed by atoms with Gasteiger partial charge in [0.05, 0.1) is 6.10 Å². The summed E-state index contributed by atoms with van der Waals surface area (Å²) in [6.45, 7) is 10.2. The van der Waals surface area contributed by atoms with Crippen molar-refractivity contribution >= 4 is 0 Å². The van der Waals surface area contributed by atoms with Crippen molar-refractivity contribution in [1.29, 1.82) is 0 Å². The van der Waals surface area contributed by atoms with Crippen LogP contribution in [0.1, 0.15) is 13.3 Å². The summed E-state index contributed by atoms with van der Waals surface area (Å²) >= 11 is 0. The molecule has 2 aliphatic rings. The van der Waals surface area contributed by atoms with Gasteiger partial charge in [0.1, 0.15) is 0 Å². The molecule has 2 rings (SSSR count). The Bertz CT molecular complexity index is 261. The minimum atomic E-state index is -0.208. The fourth-order valence-corrected chi connectivity index (χ4v) is 2.53. The van der Waals surface area contributed by atoms with Crippen LogP contribution >= 0.6 is 0 Å². The molecule has 2 N–H and O–H groups in total. The first-order valence-electron chi connectivity index (χ1n) is 6.73. The van der Waals surface area contributed by atoms with Gasteiger partial charge in [0, 0.05) is 52.4 Å². The van der Waals surface area contributed by atoms with Crippen LogP contribution in [0.3, 0.4) is 0 Å². The van der Waals surface area contributed by atoms with Crippen molar-refractivity contribution in [2.75, 3.05) is 52.4 Å². The number of β-amino-alcohol motifs (C(OH)–C–C–N with tert-alkyl or cyclic N) is 1. The molecule has 0 amide bonds. The molecule has 17 heavy (non-hydrogen) atoms. The van der Waals surface area contributed by atoms with E-state index < -0.39 is 0 Å². The summed E-state index contributed by atoms with van der Waals surface area (Å²) in [5, 5.41) is 13.4. The molecule has 0 aliphatic carbocycles. The van der Waals surface area contributed by atoms with Gasteiger partial charge in [-0.25, -0.2) is 0 Å². The molecule has 4 nitrogen and oxygen atoms in total. The number of nitrogens with zero attached hydrogens (tertiary/aromatic N) is 2. The van der Waals surface area contributed by atoms with Gasteiger partial charge in [-0.05, 0) is 13.3 Å². The molecular formula is C13H25N3O. The summed E-state index contributed by atoms with van der Waals surface area (Å²) in [6.07, 6.45) is 3.22. The molecular weight excluding hydrogens is 214 g/mol. The molecule has 0 aromatic carbocycles. The lowest BCUT2D eigenvalue weighted by Crippen LogP contribution is -2.48. The van der Waals surface area contributed by atoms with Gasteiger partial charge in [-0.3, -0.25) is 9.80 Å². The van der Waals surface area contributed by atoms with Gasteiger partial charge < -0.3 is 10.4 Å². The van der Waals surface area contributed by atoms with Crippen molar-refractivity contribution in [3.8, 4) is 0 Å². The molecule has 0 spiro atoms. The Morgan fingerprint density at radius 1 is 1.24 bits per heavy atom. The summed E-state index contributed by atoms with van der Waals surface area (Å²) in [5.41, 5.74) is 1.48. The van der Waals surface area contributed by atoms with Gasteiger partial charge in [0.15, 0.2) is 0 Å². The largest absolute Gasteiger partial charge is 0.390 e. The Balaban J connectivity index is 1.68. The number of aliphatic hydroxyl groups is 1. The molecule has 1 fully saturated rings. The van der Waals surface area contributed by atoms with E-state index >= 15 is 0 Å². The summed E-state index contributed by atoms with van der Waals surface area (Å²) in [4.78, 5) is 4.70. The molecule has 0 bridgehead atoms. The maximum absolute atomic E-state index is 10.1. The van der Waals surface area contributed by atoms with Crippen LogP contribution in [0.5, 0.6) is 0 Å². The molecule has 0 aromatic heterocycles. The minimum Gasteiger partial charge on any atom is -0.390 e. The first kappa shape index (κ1) is 13.0. The first-order chi connectivity index (χ1) is 8.24. The fourth-order valence-electron chi connectivity index (χ4n) is 2.53. The van der Waals surface area contributed by atoms with Gasteiger partial charge in [0.2, 0.25) is 0 Å². The predicted octanol–water partition coefficient (Wildman–Crippen LogP) is -0.0955. The second-order valence-electron chi connectivity index (χ2n) is 5.26. The number of nitrogens with one attached hydrogen (secondary N) is 1. The van der Waals surface area contributed by atoms with Crippen LogP contribution in [0, 0.1) is 0 Å². The van der Waals surface area contributed by atoms with Crippen LogP contribution in [-0.2, 0) is 0 Å². The highest BCUT2D eigenvalue weighted by molar-refractivity contribution is 5.03. The number of hydrogen-bond acceptors (Lipinski definition) is 4.